The van der Waals surface area contributed by atoms with Gasteiger partial charge in [0.05, 0.1) is 7.11 Å². The Hall–Kier alpha value is -1.90. The van der Waals surface area contributed by atoms with Crippen molar-refractivity contribution in [2.24, 2.45) is 5.41 Å². The fraction of sp³-hybridized carbons (Fsp3) is 0.444. The largest absolute Gasteiger partial charge is 0.496 e. The van der Waals surface area contributed by atoms with Gasteiger partial charge in [-0.3, -0.25) is 0 Å². The zero-order valence-electron chi connectivity index (χ0n) is 13.2. The number of ether oxygens (including phenoxy) is 3. The molecule has 1 aliphatic heterocycles. The minimum absolute atomic E-state index is 0.181. The van der Waals surface area contributed by atoms with E-state index in [0.717, 1.165) is 29.2 Å². The Morgan fingerprint density at radius 3 is 2.57 bits per heavy atom. The predicted octanol–water partition coefficient (Wildman–Crippen LogP) is 4.57. The molecule has 0 saturated heterocycles. The average molecular weight is 286 g/mol. The molecule has 0 amide bonds. The van der Waals surface area contributed by atoms with Crippen LogP contribution in [0.25, 0.3) is 6.08 Å². The van der Waals surface area contributed by atoms with Crippen molar-refractivity contribution in [1.82, 2.24) is 0 Å². The fourth-order valence-electron chi connectivity index (χ4n) is 3.12. The van der Waals surface area contributed by atoms with Crippen LogP contribution in [0.2, 0.25) is 0 Å². The van der Waals surface area contributed by atoms with Crippen LogP contribution in [0.15, 0.2) is 29.4 Å². The van der Waals surface area contributed by atoms with Crippen molar-refractivity contribution >= 4 is 6.08 Å². The molecule has 0 aromatic heterocycles. The summed E-state index contributed by atoms with van der Waals surface area (Å²) < 4.78 is 16.4. The molecule has 0 bridgehead atoms. The van der Waals surface area contributed by atoms with Crippen LogP contribution in [0.5, 0.6) is 17.2 Å². The van der Waals surface area contributed by atoms with Gasteiger partial charge in [-0.05, 0) is 42.9 Å². The highest BCUT2D eigenvalue weighted by Crippen LogP contribution is 2.44. The Morgan fingerprint density at radius 2 is 1.90 bits per heavy atom. The van der Waals surface area contributed by atoms with Crippen molar-refractivity contribution in [3.05, 3.63) is 34.9 Å². The molecule has 0 saturated carbocycles. The molecule has 0 unspecified atom stereocenters. The lowest BCUT2D eigenvalue weighted by molar-refractivity contribution is 0.174. The van der Waals surface area contributed by atoms with Gasteiger partial charge in [-0.1, -0.05) is 25.5 Å². The Morgan fingerprint density at radius 1 is 1.19 bits per heavy atom. The third-order valence-electron chi connectivity index (χ3n) is 4.40. The smallest absolute Gasteiger partial charge is 0.231 e. The second kappa shape index (κ2) is 5.14. The molecular weight excluding hydrogens is 264 g/mol. The number of allylic oxidation sites excluding steroid dienone is 3. The first-order valence-electron chi connectivity index (χ1n) is 7.38. The first-order chi connectivity index (χ1) is 10.0. The molecule has 112 valence electrons. The molecule has 0 atom stereocenters. The summed E-state index contributed by atoms with van der Waals surface area (Å²) in [4.78, 5) is 0. The Kier molecular flexibility index (Phi) is 3.44. The Bertz CT molecular complexity index is 624. The summed E-state index contributed by atoms with van der Waals surface area (Å²) in [7, 11) is 1.69. The maximum atomic E-state index is 5.52. The van der Waals surface area contributed by atoms with Gasteiger partial charge in [0.25, 0.3) is 0 Å². The van der Waals surface area contributed by atoms with Crippen molar-refractivity contribution in [2.75, 3.05) is 13.9 Å². The molecule has 21 heavy (non-hydrogen) atoms. The topological polar surface area (TPSA) is 27.7 Å². The fourth-order valence-corrected chi connectivity index (χ4v) is 3.12. The molecule has 0 radical (unpaired) electrons. The Labute approximate surface area is 126 Å². The average Bonchev–Trinajstić information content (AvgIpc) is 2.88. The van der Waals surface area contributed by atoms with E-state index in [9.17, 15) is 0 Å². The minimum Gasteiger partial charge on any atom is -0.496 e. The molecule has 1 aromatic carbocycles. The van der Waals surface area contributed by atoms with Gasteiger partial charge in [-0.25, -0.2) is 0 Å². The molecule has 3 heteroatoms. The van der Waals surface area contributed by atoms with Gasteiger partial charge >= 0.3 is 0 Å². The lowest BCUT2D eigenvalue weighted by Crippen LogP contribution is -2.18. The SMILES string of the molecule is COc1cc2c(cc1/C=C1\C(C)=CCCC1(C)C)OCO2. The van der Waals surface area contributed by atoms with Crippen LogP contribution in [-0.4, -0.2) is 13.9 Å². The van der Waals surface area contributed by atoms with E-state index in [0.29, 0.717) is 0 Å². The number of fused-ring (bicyclic) bond motifs is 1. The second-order valence-corrected chi connectivity index (χ2v) is 6.32. The quantitative estimate of drug-likeness (QED) is 0.797. The standard InChI is InChI=1S/C18H22O3/c1-12-6-5-7-18(2,3)14(12)8-13-9-16-17(21-11-20-16)10-15(13)19-4/h6,8-10H,5,7,11H2,1-4H3/b14-8+. The lowest BCUT2D eigenvalue weighted by Gasteiger charge is -2.32. The van der Waals surface area contributed by atoms with Gasteiger partial charge < -0.3 is 14.2 Å². The van der Waals surface area contributed by atoms with Crippen molar-refractivity contribution in [3.63, 3.8) is 0 Å². The second-order valence-electron chi connectivity index (χ2n) is 6.32. The lowest BCUT2D eigenvalue weighted by atomic mass is 9.72. The number of hydrogen-bond donors (Lipinski definition) is 0. The maximum absolute atomic E-state index is 5.52. The molecule has 1 aromatic rings. The predicted molar refractivity (Wildman–Crippen MR) is 83.9 cm³/mol. The zero-order chi connectivity index (χ0) is 15.0. The molecule has 0 N–H and O–H groups in total. The van der Waals surface area contributed by atoms with Crippen LogP contribution in [0, 0.1) is 5.41 Å². The van der Waals surface area contributed by atoms with E-state index in [1.807, 2.05) is 12.1 Å². The summed E-state index contributed by atoms with van der Waals surface area (Å²) in [6.07, 6.45) is 6.86. The summed E-state index contributed by atoms with van der Waals surface area (Å²) >= 11 is 0. The van der Waals surface area contributed by atoms with E-state index in [4.69, 9.17) is 14.2 Å². The van der Waals surface area contributed by atoms with E-state index in [1.165, 1.54) is 17.6 Å². The van der Waals surface area contributed by atoms with E-state index >= 15 is 0 Å². The molecule has 3 rings (SSSR count). The van der Waals surface area contributed by atoms with Crippen LogP contribution in [-0.2, 0) is 0 Å². The van der Waals surface area contributed by atoms with Crippen LogP contribution >= 0.6 is 0 Å². The summed E-state index contributed by atoms with van der Waals surface area (Å²) in [5, 5.41) is 0. The van der Waals surface area contributed by atoms with Crippen LogP contribution < -0.4 is 14.2 Å². The van der Waals surface area contributed by atoms with Gasteiger partial charge in [0.2, 0.25) is 6.79 Å². The molecular formula is C18H22O3. The van der Waals surface area contributed by atoms with Crippen molar-refractivity contribution in [3.8, 4) is 17.2 Å². The third kappa shape index (κ3) is 2.53. The number of methoxy groups -OCH3 is 1. The molecule has 0 fully saturated rings. The van der Waals surface area contributed by atoms with Gasteiger partial charge in [0.1, 0.15) is 5.75 Å². The number of benzene rings is 1. The maximum Gasteiger partial charge on any atom is 0.231 e. The number of rotatable bonds is 2. The molecule has 1 aliphatic carbocycles. The summed E-state index contributed by atoms with van der Waals surface area (Å²) in [5.74, 6) is 2.36. The van der Waals surface area contributed by atoms with Crippen LogP contribution in [0.3, 0.4) is 0 Å². The molecule has 2 aliphatic rings. The highest BCUT2D eigenvalue weighted by atomic mass is 16.7. The van der Waals surface area contributed by atoms with Crippen LogP contribution in [0.4, 0.5) is 0 Å². The first kappa shape index (κ1) is 14.1. The molecule has 0 spiro atoms. The first-order valence-corrected chi connectivity index (χ1v) is 7.38. The zero-order valence-corrected chi connectivity index (χ0v) is 13.2. The molecule has 3 nitrogen and oxygen atoms in total. The Balaban J connectivity index is 2.10. The summed E-state index contributed by atoms with van der Waals surface area (Å²) in [6.45, 7) is 7.07. The minimum atomic E-state index is 0.181. The third-order valence-corrected chi connectivity index (χ3v) is 4.40. The van der Waals surface area contributed by atoms with Gasteiger partial charge in [0, 0.05) is 11.6 Å². The van der Waals surface area contributed by atoms with Crippen molar-refractivity contribution < 1.29 is 14.2 Å². The summed E-state index contributed by atoms with van der Waals surface area (Å²) in [6, 6.07) is 3.91. The van der Waals surface area contributed by atoms with Gasteiger partial charge in [-0.2, -0.15) is 0 Å². The highest BCUT2D eigenvalue weighted by molar-refractivity contribution is 5.69. The normalized spacial score (nSPS) is 21.3. The monoisotopic (exact) mass is 286 g/mol. The van der Waals surface area contributed by atoms with E-state index in [2.05, 4.69) is 32.9 Å². The van der Waals surface area contributed by atoms with Crippen molar-refractivity contribution in [1.29, 1.82) is 0 Å². The van der Waals surface area contributed by atoms with E-state index in [1.54, 1.807) is 7.11 Å². The van der Waals surface area contributed by atoms with Gasteiger partial charge in [-0.15, -0.1) is 0 Å². The van der Waals surface area contributed by atoms with Crippen LogP contribution in [0.1, 0.15) is 39.2 Å². The van der Waals surface area contributed by atoms with Gasteiger partial charge in [0.15, 0.2) is 11.5 Å². The van der Waals surface area contributed by atoms with Crippen molar-refractivity contribution in [2.45, 2.75) is 33.6 Å². The highest BCUT2D eigenvalue weighted by Gasteiger charge is 2.27. The molecule has 1 heterocycles. The summed E-state index contributed by atoms with van der Waals surface area (Å²) in [5.41, 5.74) is 3.94. The number of hydrogen-bond acceptors (Lipinski definition) is 3. The van der Waals surface area contributed by atoms with E-state index < -0.39 is 0 Å². The van der Waals surface area contributed by atoms with E-state index in [-0.39, 0.29) is 12.2 Å².